The molecule has 3 amide bonds. The van der Waals surface area contributed by atoms with Gasteiger partial charge in [-0.15, -0.1) is 0 Å². The van der Waals surface area contributed by atoms with Gasteiger partial charge in [-0.05, 0) is 96.4 Å². The van der Waals surface area contributed by atoms with Gasteiger partial charge in [0.1, 0.15) is 29.3 Å². The van der Waals surface area contributed by atoms with Gasteiger partial charge < -0.3 is 25.0 Å². The van der Waals surface area contributed by atoms with Crippen LogP contribution in [0.25, 0.3) is 0 Å². The average Bonchev–Trinajstić information content (AvgIpc) is 2.95. The van der Waals surface area contributed by atoms with Crippen molar-refractivity contribution in [1.29, 1.82) is 0 Å². The molecule has 0 saturated carbocycles. The molecule has 2 N–H and O–H groups in total. The number of ether oxygens (including phenoxy) is 2. The van der Waals surface area contributed by atoms with E-state index in [2.05, 4.69) is 17.6 Å². The quantitative estimate of drug-likeness (QED) is 0.152. The van der Waals surface area contributed by atoms with Crippen LogP contribution in [-0.4, -0.2) is 58.6 Å². The van der Waals surface area contributed by atoms with Crippen LogP contribution in [-0.2, 0) is 30.3 Å². The largest absolute Gasteiger partial charge is 0.458 e. The highest BCUT2D eigenvalue weighted by molar-refractivity contribution is 5.94. The second-order valence-electron chi connectivity index (χ2n) is 15.1. The second-order valence-corrected chi connectivity index (χ2v) is 15.1. The third-order valence-corrected chi connectivity index (χ3v) is 7.65. The molecule has 3 unspecified atom stereocenters. The molecule has 9 heteroatoms. The first-order chi connectivity index (χ1) is 22.3. The highest BCUT2D eigenvalue weighted by Crippen LogP contribution is 2.30. The molecule has 0 spiro atoms. The molecule has 266 valence electrons. The summed E-state index contributed by atoms with van der Waals surface area (Å²) < 4.78 is 11.3. The molecule has 2 aromatic rings. The molecule has 0 saturated heterocycles. The van der Waals surface area contributed by atoms with Crippen molar-refractivity contribution in [2.24, 2.45) is 5.92 Å². The van der Waals surface area contributed by atoms with Crippen LogP contribution in [0, 0.1) is 19.8 Å². The maximum Gasteiger partial charge on any atom is 0.408 e. The normalized spacial score (nSPS) is 13.7. The molecular weight excluding hydrogens is 606 g/mol. The maximum absolute atomic E-state index is 14.7. The number of esters is 1. The van der Waals surface area contributed by atoms with E-state index in [1.54, 1.807) is 46.4 Å². The van der Waals surface area contributed by atoms with Crippen LogP contribution in [0.5, 0.6) is 0 Å². The zero-order valence-electron chi connectivity index (χ0n) is 31.1. The van der Waals surface area contributed by atoms with Gasteiger partial charge in [-0.3, -0.25) is 9.59 Å². The van der Waals surface area contributed by atoms with Crippen LogP contribution in [0.3, 0.4) is 0 Å². The molecule has 0 aliphatic heterocycles. The molecule has 48 heavy (non-hydrogen) atoms. The number of nitrogens with zero attached hydrogens (tertiary/aromatic N) is 1. The molecule has 2 rings (SSSR count). The van der Waals surface area contributed by atoms with Gasteiger partial charge in [-0.1, -0.05) is 82.1 Å². The Morgan fingerprint density at radius 2 is 1.35 bits per heavy atom. The van der Waals surface area contributed by atoms with Gasteiger partial charge in [0.25, 0.3) is 0 Å². The van der Waals surface area contributed by atoms with Crippen molar-refractivity contribution in [1.82, 2.24) is 15.5 Å². The summed E-state index contributed by atoms with van der Waals surface area (Å²) in [6.45, 7) is 20.8. The SMILES string of the molecule is CCCCCN(C(=O)C(CC(C)C)NC(=O)OC(C)(C)C)C(C(=O)NC(Cc1ccccc1)C(=O)OC(C)(C)C)c1c(C)cccc1C. The molecule has 0 aliphatic rings. The zero-order chi connectivity index (χ0) is 36.2. The number of alkyl carbamates (subject to hydrolysis) is 1. The van der Waals surface area contributed by atoms with E-state index in [1.165, 1.54) is 0 Å². The molecule has 3 atom stereocenters. The standard InChI is InChI=1S/C39H59N3O6/c1-12-13-17-23-42(35(44)30(24-26(2)3)41-37(46)48-39(9,10)11)33(32-27(4)19-18-20-28(32)5)34(43)40-31(36(45)47-38(6,7)8)25-29-21-15-14-16-22-29/h14-16,18-22,26,30-31,33H,12-13,17,23-25H2,1-11H3,(H,40,43)(H,41,46). The van der Waals surface area contributed by atoms with Gasteiger partial charge in [0, 0.05) is 13.0 Å². The Bertz CT molecular complexity index is 1340. The second kappa shape index (κ2) is 18.0. The number of hydrogen-bond donors (Lipinski definition) is 2. The van der Waals surface area contributed by atoms with E-state index < -0.39 is 47.3 Å². The summed E-state index contributed by atoms with van der Waals surface area (Å²) in [6.07, 6.45) is 2.26. The van der Waals surface area contributed by atoms with Crippen molar-refractivity contribution in [2.75, 3.05) is 6.54 Å². The molecule has 2 aromatic carbocycles. The first-order valence-electron chi connectivity index (χ1n) is 17.3. The Labute approximate surface area is 288 Å². The van der Waals surface area contributed by atoms with Gasteiger partial charge in [0.15, 0.2) is 0 Å². The summed E-state index contributed by atoms with van der Waals surface area (Å²) in [4.78, 5) is 57.6. The third kappa shape index (κ3) is 13.3. The fourth-order valence-corrected chi connectivity index (χ4v) is 5.60. The fraction of sp³-hybridized carbons (Fsp3) is 0.590. The fourth-order valence-electron chi connectivity index (χ4n) is 5.60. The zero-order valence-corrected chi connectivity index (χ0v) is 31.1. The number of hydrogen-bond acceptors (Lipinski definition) is 6. The van der Waals surface area contributed by atoms with Gasteiger partial charge in [-0.25, -0.2) is 9.59 Å². The van der Waals surface area contributed by atoms with E-state index in [-0.39, 0.29) is 24.8 Å². The Morgan fingerprint density at radius 3 is 1.88 bits per heavy atom. The summed E-state index contributed by atoms with van der Waals surface area (Å²) in [5.74, 6) is -1.38. The Kier molecular flexibility index (Phi) is 15.1. The average molecular weight is 666 g/mol. The molecule has 0 aliphatic carbocycles. The van der Waals surface area contributed by atoms with Gasteiger partial charge >= 0.3 is 12.1 Å². The van der Waals surface area contributed by atoms with Crippen molar-refractivity contribution < 1.29 is 28.7 Å². The smallest absolute Gasteiger partial charge is 0.408 e. The first kappa shape index (κ1) is 40.3. The van der Waals surface area contributed by atoms with Gasteiger partial charge in [0.2, 0.25) is 11.8 Å². The Balaban J connectivity index is 2.69. The van der Waals surface area contributed by atoms with E-state index in [4.69, 9.17) is 9.47 Å². The molecule has 0 bridgehead atoms. The molecular formula is C39H59N3O6. The van der Waals surface area contributed by atoms with Crippen LogP contribution < -0.4 is 10.6 Å². The van der Waals surface area contributed by atoms with E-state index >= 15 is 0 Å². The van der Waals surface area contributed by atoms with E-state index in [1.807, 2.05) is 76.2 Å². The molecule has 9 nitrogen and oxygen atoms in total. The first-order valence-corrected chi connectivity index (χ1v) is 17.3. The lowest BCUT2D eigenvalue weighted by atomic mass is 9.92. The van der Waals surface area contributed by atoms with Gasteiger partial charge in [0.05, 0.1) is 0 Å². The number of aryl methyl sites for hydroxylation is 2. The lowest BCUT2D eigenvalue weighted by molar-refractivity contribution is -0.159. The van der Waals surface area contributed by atoms with Crippen molar-refractivity contribution >= 4 is 23.9 Å². The number of carbonyl (C=O) groups is 4. The van der Waals surface area contributed by atoms with E-state index in [9.17, 15) is 19.2 Å². The summed E-state index contributed by atoms with van der Waals surface area (Å²) in [6, 6.07) is 12.2. The highest BCUT2D eigenvalue weighted by atomic mass is 16.6. The third-order valence-electron chi connectivity index (χ3n) is 7.65. The minimum atomic E-state index is -1.08. The lowest BCUT2D eigenvalue weighted by Crippen LogP contribution is -2.55. The summed E-state index contributed by atoms with van der Waals surface area (Å²) >= 11 is 0. The minimum Gasteiger partial charge on any atom is -0.458 e. The van der Waals surface area contributed by atoms with Crippen molar-refractivity contribution in [3.8, 4) is 0 Å². The number of nitrogens with one attached hydrogen (secondary N) is 2. The molecule has 0 fully saturated rings. The van der Waals surface area contributed by atoms with Crippen LogP contribution in [0.15, 0.2) is 48.5 Å². The van der Waals surface area contributed by atoms with Crippen LogP contribution in [0.1, 0.15) is 116 Å². The van der Waals surface area contributed by atoms with Crippen LogP contribution in [0.2, 0.25) is 0 Å². The van der Waals surface area contributed by atoms with Crippen LogP contribution in [0.4, 0.5) is 4.79 Å². The number of amides is 3. The maximum atomic E-state index is 14.7. The van der Waals surface area contributed by atoms with E-state index in [0.717, 1.165) is 29.5 Å². The number of unbranched alkanes of at least 4 members (excludes halogenated alkanes) is 2. The topological polar surface area (TPSA) is 114 Å². The monoisotopic (exact) mass is 665 g/mol. The van der Waals surface area contributed by atoms with E-state index in [0.29, 0.717) is 18.4 Å². The predicted molar refractivity (Wildman–Crippen MR) is 190 cm³/mol. The minimum absolute atomic E-state index is 0.0567. The van der Waals surface area contributed by atoms with Gasteiger partial charge in [-0.2, -0.15) is 0 Å². The van der Waals surface area contributed by atoms with Crippen LogP contribution >= 0.6 is 0 Å². The molecule has 0 heterocycles. The summed E-state index contributed by atoms with van der Waals surface area (Å²) in [7, 11) is 0. The van der Waals surface area contributed by atoms with Crippen molar-refractivity contribution in [3.63, 3.8) is 0 Å². The highest BCUT2D eigenvalue weighted by Gasteiger charge is 2.39. The van der Waals surface area contributed by atoms with Crippen molar-refractivity contribution in [3.05, 3.63) is 70.8 Å². The predicted octanol–water partition coefficient (Wildman–Crippen LogP) is 7.37. The number of rotatable bonds is 15. The number of benzene rings is 2. The Hall–Kier alpha value is -3.88. The summed E-state index contributed by atoms with van der Waals surface area (Å²) in [5, 5.41) is 5.81. The Morgan fingerprint density at radius 1 is 0.771 bits per heavy atom. The molecule has 0 aromatic heterocycles. The van der Waals surface area contributed by atoms with Crippen molar-refractivity contribution in [2.45, 2.75) is 138 Å². The molecule has 0 radical (unpaired) electrons. The lowest BCUT2D eigenvalue weighted by Gasteiger charge is -2.37. The number of carbonyl (C=O) groups excluding carboxylic acids is 4. The summed E-state index contributed by atoms with van der Waals surface area (Å²) in [5.41, 5.74) is 1.67.